The zero-order valence-electron chi connectivity index (χ0n) is 14.2. The highest BCUT2D eigenvalue weighted by Crippen LogP contribution is 2.29. The summed E-state index contributed by atoms with van der Waals surface area (Å²) in [6, 6.07) is 3.80. The molecule has 1 aliphatic heterocycles. The molecule has 1 saturated heterocycles. The van der Waals surface area contributed by atoms with Gasteiger partial charge in [-0.2, -0.15) is 11.8 Å². The van der Waals surface area contributed by atoms with Gasteiger partial charge >= 0.3 is 0 Å². The summed E-state index contributed by atoms with van der Waals surface area (Å²) in [6.07, 6.45) is 2.62. The lowest BCUT2D eigenvalue weighted by molar-refractivity contribution is 0.104. The summed E-state index contributed by atoms with van der Waals surface area (Å²) in [4.78, 5) is 6.75. The number of thioether (sulfide) groups is 1. The Hall–Kier alpha value is -0.410. The molecule has 0 unspecified atom stereocenters. The summed E-state index contributed by atoms with van der Waals surface area (Å²) < 4.78 is 11.1. The van der Waals surface area contributed by atoms with Crippen molar-refractivity contribution in [3.05, 3.63) is 24.2 Å². The van der Waals surface area contributed by atoms with Gasteiger partial charge in [-0.25, -0.2) is 0 Å². The van der Waals surface area contributed by atoms with E-state index in [1.54, 1.807) is 6.26 Å². The predicted molar refractivity (Wildman–Crippen MR) is 108 cm³/mol. The molecule has 0 bridgehead atoms. The van der Waals surface area contributed by atoms with Gasteiger partial charge in [0.05, 0.1) is 6.26 Å². The molecule has 1 aliphatic rings. The number of ether oxygens (including phenoxy) is 1. The third-order valence-electron chi connectivity index (χ3n) is 3.51. The van der Waals surface area contributed by atoms with Gasteiger partial charge in [-0.05, 0) is 32.4 Å². The van der Waals surface area contributed by atoms with E-state index in [1.807, 2.05) is 30.9 Å². The minimum Gasteiger partial charge on any atom is -0.467 e. The summed E-state index contributed by atoms with van der Waals surface area (Å²) in [6.45, 7) is 8.80. The van der Waals surface area contributed by atoms with E-state index in [2.05, 4.69) is 29.1 Å². The molecule has 132 valence electrons. The summed E-state index contributed by atoms with van der Waals surface area (Å²) in [7, 11) is 1.85. The Balaban J connectivity index is 0.00000264. The van der Waals surface area contributed by atoms with Crippen molar-refractivity contribution < 1.29 is 9.15 Å². The number of rotatable bonds is 6. The third-order valence-corrected chi connectivity index (χ3v) is 4.81. The number of hydrogen-bond donors (Lipinski definition) is 1. The topological polar surface area (TPSA) is 50.0 Å². The average Bonchev–Trinajstić information content (AvgIpc) is 2.98. The Labute approximate surface area is 160 Å². The zero-order chi connectivity index (χ0) is 15.8. The van der Waals surface area contributed by atoms with Crippen LogP contribution in [0.25, 0.3) is 0 Å². The molecule has 23 heavy (non-hydrogen) atoms. The Bertz CT molecular complexity index is 466. The summed E-state index contributed by atoms with van der Waals surface area (Å²) in [5.74, 6) is 3.02. The second-order valence-corrected chi connectivity index (χ2v) is 7.79. The molecule has 1 aromatic rings. The lowest BCUT2D eigenvalue weighted by atomic mass is 10.2. The van der Waals surface area contributed by atoms with E-state index in [9.17, 15) is 0 Å². The Morgan fingerprint density at radius 3 is 3.00 bits per heavy atom. The SMILES string of the molecule is CN=C(NCCCOCc1ccco1)N1CCSC(C)(C)C1.I. The highest BCUT2D eigenvalue weighted by Gasteiger charge is 2.28. The Morgan fingerprint density at radius 1 is 1.52 bits per heavy atom. The Morgan fingerprint density at radius 2 is 2.35 bits per heavy atom. The first kappa shape index (κ1) is 20.6. The molecule has 0 spiro atoms. The number of guanidine groups is 1. The van der Waals surface area contributed by atoms with Crippen LogP contribution in [-0.4, -0.2) is 54.6 Å². The molecular weight excluding hydrogens is 425 g/mol. The average molecular weight is 453 g/mol. The van der Waals surface area contributed by atoms with Gasteiger partial charge in [-0.1, -0.05) is 0 Å². The van der Waals surface area contributed by atoms with E-state index >= 15 is 0 Å². The van der Waals surface area contributed by atoms with Gasteiger partial charge in [0.1, 0.15) is 12.4 Å². The van der Waals surface area contributed by atoms with E-state index in [0.717, 1.165) is 43.5 Å². The fraction of sp³-hybridized carbons (Fsp3) is 0.688. The van der Waals surface area contributed by atoms with Gasteiger partial charge < -0.3 is 19.4 Å². The summed E-state index contributed by atoms with van der Waals surface area (Å²) in [5.41, 5.74) is 0. The summed E-state index contributed by atoms with van der Waals surface area (Å²) in [5, 5.41) is 3.43. The first-order valence-corrected chi connectivity index (χ1v) is 8.79. The van der Waals surface area contributed by atoms with Crippen LogP contribution in [0, 0.1) is 0 Å². The van der Waals surface area contributed by atoms with Crippen LogP contribution in [0.4, 0.5) is 0 Å². The molecule has 2 rings (SSSR count). The van der Waals surface area contributed by atoms with Crippen LogP contribution in [0.3, 0.4) is 0 Å². The normalized spacial score (nSPS) is 17.7. The smallest absolute Gasteiger partial charge is 0.193 e. The first-order valence-electron chi connectivity index (χ1n) is 7.80. The van der Waals surface area contributed by atoms with Crippen LogP contribution in [0.2, 0.25) is 0 Å². The summed E-state index contributed by atoms with van der Waals surface area (Å²) >= 11 is 2.03. The number of hydrogen-bond acceptors (Lipinski definition) is 4. The van der Waals surface area contributed by atoms with E-state index in [4.69, 9.17) is 9.15 Å². The fourth-order valence-electron chi connectivity index (χ4n) is 2.47. The maximum Gasteiger partial charge on any atom is 0.193 e. The molecule has 0 saturated carbocycles. The van der Waals surface area contributed by atoms with Crippen LogP contribution < -0.4 is 5.32 Å². The van der Waals surface area contributed by atoms with Crippen molar-refractivity contribution >= 4 is 41.7 Å². The van der Waals surface area contributed by atoms with Crippen molar-refractivity contribution in [1.29, 1.82) is 0 Å². The van der Waals surface area contributed by atoms with Gasteiger partial charge in [-0.15, -0.1) is 24.0 Å². The van der Waals surface area contributed by atoms with Crippen LogP contribution >= 0.6 is 35.7 Å². The largest absolute Gasteiger partial charge is 0.467 e. The van der Waals surface area contributed by atoms with Gasteiger partial charge in [0.2, 0.25) is 0 Å². The van der Waals surface area contributed by atoms with Gasteiger partial charge in [0.25, 0.3) is 0 Å². The molecule has 7 heteroatoms. The fourth-order valence-corrected chi connectivity index (χ4v) is 3.58. The van der Waals surface area contributed by atoms with Gasteiger partial charge in [0.15, 0.2) is 5.96 Å². The van der Waals surface area contributed by atoms with Crippen LogP contribution in [-0.2, 0) is 11.3 Å². The molecule has 5 nitrogen and oxygen atoms in total. The van der Waals surface area contributed by atoms with Crippen molar-refractivity contribution in [2.45, 2.75) is 31.6 Å². The molecular formula is C16H28IN3O2S. The molecule has 1 N–H and O–H groups in total. The Kier molecular flexibility index (Phi) is 9.38. The maximum atomic E-state index is 5.58. The molecule has 0 atom stereocenters. The van der Waals surface area contributed by atoms with E-state index in [1.165, 1.54) is 0 Å². The van der Waals surface area contributed by atoms with E-state index in [0.29, 0.717) is 18.0 Å². The number of halogens is 1. The van der Waals surface area contributed by atoms with Gasteiger partial charge in [-0.3, -0.25) is 4.99 Å². The molecule has 0 aromatic carbocycles. The second kappa shape index (κ2) is 10.5. The monoisotopic (exact) mass is 453 g/mol. The van der Waals surface area contributed by atoms with Gasteiger partial charge in [0, 0.05) is 43.8 Å². The molecule has 0 radical (unpaired) electrons. The highest BCUT2D eigenvalue weighted by molar-refractivity contribution is 14.0. The molecule has 1 aromatic heterocycles. The van der Waals surface area contributed by atoms with Crippen LogP contribution in [0.15, 0.2) is 27.8 Å². The third kappa shape index (κ3) is 7.34. The minimum absolute atomic E-state index is 0. The van der Waals surface area contributed by atoms with E-state index < -0.39 is 0 Å². The molecule has 0 amide bonds. The first-order chi connectivity index (χ1) is 10.6. The van der Waals surface area contributed by atoms with Crippen molar-refractivity contribution in [3.8, 4) is 0 Å². The number of furan rings is 1. The van der Waals surface area contributed by atoms with Crippen LogP contribution in [0.5, 0.6) is 0 Å². The number of nitrogens with one attached hydrogen (secondary N) is 1. The van der Waals surface area contributed by atoms with Crippen molar-refractivity contribution in [1.82, 2.24) is 10.2 Å². The predicted octanol–water partition coefficient (Wildman–Crippen LogP) is 3.21. The quantitative estimate of drug-likeness (QED) is 0.310. The minimum atomic E-state index is 0. The standard InChI is InChI=1S/C16H27N3O2S.HI/c1-16(2)13-19(8-11-22-16)15(17-3)18-7-5-9-20-12-14-6-4-10-21-14;/h4,6,10H,5,7-9,11-13H2,1-3H3,(H,17,18);1H. The second-order valence-electron chi connectivity index (χ2n) is 5.99. The van der Waals surface area contributed by atoms with Crippen molar-refractivity contribution in [3.63, 3.8) is 0 Å². The van der Waals surface area contributed by atoms with Crippen molar-refractivity contribution in [2.24, 2.45) is 4.99 Å². The number of aliphatic imine (C=N–C) groups is 1. The lowest BCUT2D eigenvalue weighted by Crippen LogP contribution is -2.51. The molecule has 0 aliphatic carbocycles. The molecule has 2 heterocycles. The maximum absolute atomic E-state index is 5.58. The van der Waals surface area contributed by atoms with Crippen LogP contribution in [0.1, 0.15) is 26.0 Å². The van der Waals surface area contributed by atoms with Crippen molar-refractivity contribution in [2.75, 3.05) is 39.0 Å². The lowest BCUT2D eigenvalue weighted by Gasteiger charge is -2.39. The zero-order valence-corrected chi connectivity index (χ0v) is 17.4. The number of nitrogens with zero attached hydrogens (tertiary/aromatic N) is 2. The van der Waals surface area contributed by atoms with E-state index in [-0.39, 0.29) is 24.0 Å². The molecule has 1 fully saturated rings. The highest BCUT2D eigenvalue weighted by atomic mass is 127.